The largest absolute Gasteiger partial charge is 0.524 e. The maximum Gasteiger partial charge on any atom is 0.524 e. The zero-order chi connectivity index (χ0) is 23.4. The second-order valence-corrected chi connectivity index (χ2v) is 10.3. The van der Waals surface area contributed by atoms with E-state index < -0.39 is 24.1 Å². The highest BCUT2D eigenvalue weighted by molar-refractivity contribution is 7.81. The van der Waals surface area contributed by atoms with Gasteiger partial charge in [-0.25, -0.2) is 4.57 Å². The molecular weight excluding hydrogens is 443 g/mol. The van der Waals surface area contributed by atoms with Gasteiger partial charge in [-0.3, -0.25) is 14.3 Å². The topological polar surface area (TPSA) is 130 Å². The molecule has 0 spiro atoms. The molecule has 10 heteroatoms. The fourth-order valence-electron chi connectivity index (χ4n) is 4.00. The number of phosphoric ester groups is 1. The predicted molar refractivity (Wildman–Crippen MR) is 119 cm³/mol. The molecule has 0 aliphatic heterocycles. The molecule has 2 rings (SSSR count). The van der Waals surface area contributed by atoms with E-state index in [4.69, 9.17) is 8.71 Å². The summed E-state index contributed by atoms with van der Waals surface area (Å²) in [4.78, 5) is 19.0. The van der Waals surface area contributed by atoms with Crippen LogP contribution >= 0.6 is 7.82 Å². The zero-order valence-corrected chi connectivity index (χ0v) is 19.8. The Hall–Kier alpha value is -1.64. The first kappa shape index (κ1) is 25.6. The van der Waals surface area contributed by atoms with Gasteiger partial charge in [0, 0.05) is 11.5 Å². The highest BCUT2D eigenvalue weighted by Gasteiger charge is 2.34. The van der Waals surface area contributed by atoms with Crippen molar-refractivity contribution in [2.24, 2.45) is 5.92 Å². The van der Waals surface area contributed by atoms with Crippen LogP contribution in [0.1, 0.15) is 69.9 Å². The molecule has 0 saturated heterocycles. The van der Waals surface area contributed by atoms with Gasteiger partial charge in [0.1, 0.15) is 5.75 Å². The van der Waals surface area contributed by atoms with Crippen molar-refractivity contribution in [1.82, 2.24) is 0 Å². The third-order valence-corrected chi connectivity index (χ3v) is 6.18. The average molecular weight is 475 g/mol. The SMILES string of the molecule is C=C(C)[C@@H]1CCC(C)=C[C@H]1c1c(OP(=O)(O)O)cc(CCCCC)cc1OS(=O)(=O)O. The number of phosphoric acid groups is 1. The molecule has 0 amide bonds. The van der Waals surface area contributed by atoms with E-state index in [1.54, 1.807) is 0 Å². The Labute approximate surface area is 184 Å². The van der Waals surface area contributed by atoms with E-state index in [1.807, 2.05) is 26.8 Å². The number of benzene rings is 1. The number of aryl methyl sites for hydroxylation is 1. The Balaban J connectivity index is 2.75. The van der Waals surface area contributed by atoms with Crippen LogP contribution in [0.15, 0.2) is 35.9 Å². The molecule has 1 aliphatic carbocycles. The molecule has 0 radical (unpaired) electrons. The van der Waals surface area contributed by atoms with Crippen molar-refractivity contribution >= 4 is 18.2 Å². The van der Waals surface area contributed by atoms with E-state index in [9.17, 15) is 27.3 Å². The van der Waals surface area contributed by atoms with E-state index >= 15 is 0 Å². The first-order valence-electron chi connectivity index (χ1n) is 10.2. The van der Waals surface area contributed by atoms with Crippen LogP contribution in [0.4, 0.5) is 0 Å². The Morgan fingerprint density at radius 2 is 1.90 bits per heavy atom. The molecular formula is C21H31O8PS. The smallest absolute Gasteiger partial charge is 0.404 e. The fraction of sp³-hybridized carbons (Fsp3) is 0.524. The van der Waals surface area contributed by atoms with Crippen LogP contribution < -0.4 is 8.71 Å². The van der Waals surface area contributed by atoms with Crippen molar-refractivity contribution in [2.75, 3.05) is 0 Å². The minimum atomic E-state index is -4.96. The molecule has 8 nitrogen and oxygen atoms in total. The maximum atomic E-state index is 11.7. The second kappa shape index (κ2) is 10.3. The minimum absolute atomic E-state index is 0.127. The molecule has 1 aromatic rings. The lowest BCUT2D eigenvalue weighted by molar-refractivity contribution is 0.280. The van der Waals surface area contributed by atoms with Crippen molar-refractivity contribution in [3.63, 3.8) is 0 Å². The first-order valence-corrected chi connectivity index (χ1v) is 13.1. The molecule has 31 heavy (non-hydrogen) atoms. The van der Waals surface area contributed by atoms with E-state index in [0.29, 0.717) is 12.0 Å². The standard InChI is InChI=1S/C21H31O8PS/c1-5-6-7-8-16-12-19(28-30(22,23)24)21(20(13-16)29-31(25,26)27)18-11-15(4)9-10-17(18)14(2)3/h11-13,17-18H,2,5-10H2,1,3-4H3,(H2,22,23,24)(H,25,26,27)/t17-,18+/m0/s1. The van der Waals surface area contributed by atoms with Gasteiger partial charge < -0.3 is 8.71 Å². The number of unbranched alkanes of at least 4 members (excludes halogenated alkanes) is 2. The van der Waals surface area contributed by atoms with Crippen LogP contribution in [0.5, 0.6) is 11.5 Å². The summed E-state index contributed by atoms with van der Waals surface area (Å²) in [5.41, 5.74) is 2.62. The normalized spacial score (nSPS) is 19.6. The molecule has 0 fully saturated rings. The molecule has 2 atom stereocenters. The van der Waals surface area contributed by atoms with Gasteiger partial charge in [0.25, 0.3) is 0 Å². The number of allylic oxidation sites excluding steroid dienone is 3. The third-order valence-electron chi connectivity index (χ3n) is 5.36. The summed E-state index contributed by atoms with van der Waals surface area (Å²) in [7, 11) is -9.84. The molecule has 0 aromatic heterocycles. The van der Waals surface area contributed by atoms with Gasteiger partial charge in [0.2, 0.25) is 0 Å². The van der Waals surface area contributed by atoms with Gasteiger partial charge in [-0.05, 0) is 63.1 Å². The molecule has 0 heterocycles. The highest BCUT2D eigenvalue weighted by Crippen LogP contribution is 2.50. The molecule has 1 aromatic carbocycles. The lowest BCUT2D eigenvalue weighted by atomic mass is 9.73. The molecule has 3 N–H and O–H groups in total. The number of hydrogen-bond donors (Lipinski definition) is 3. The summed E-state index contributed by atoms with van der Waals surface area (Å²) in [6.45, 7) is 9.83. The van der Waals surface area contributed by atoms with Crippen molar-refractivity contribution in [1.29, 1.82) is 0 Å². The number of rotatable bonds is 10. The van der Waals surface area contributed by atoms with Crippen LogP contribution in [-0.2, 0) is 21.4 Å². The predicted octanol–water partition coefficient (Wildman–Crippen LogP) is 5.09. The molecule has 1 aliphatic rings. The quantitative estimate of drug-likeness (QED) is 0.185. The summed E-state index contributed by atoms with van der Waals surface area (Å²) in [6, 6.07) is 2.99. The number of hydrogen-bond acceptors (Lipinski definition) is 5. The van der Waals surface area contributed by atoms with Gasteiger partial charge in [0.15, 0.2) is 5.75 Å². The minimum Gasteiger partial charge on any atom is -0.404 e. The highest BCUT2D eigenvalue weighted by atomic mass is 32.3. The summed E-state index contributed by atoms with van der Waals surface area (Å²) in [5, 5.41) is 0. The van der Waals surface area contributed by atoms with Crippen LogP contribution in [0.25, 0.3) is 0 Å². The van der Waals surface area contributed by atoms with Gasteiger partial charge in [-0.1, -0.05) is 43.6 Å². The fourth-order valence-corrected chi connectivity index (χ4v) is 4.77. The van der Waals surface area contributed by atoms with Crippen molar-refractivity contribution in [2.45, 2.75) is 65.2 Å². The van der Waals surface area contributed by atoms with Crippen LogP contribution in [0.2, 0.25) is 0 Å². The lowest BCUT2D eigenvalue weighted by Crippen LogP contribution is -2.20. The Morgan fingerprint density at radius 1 is 1.26 bits per heavy atom. The van der Waals surface area contributed by atoms with Crippen LogP contribution in [0, 0.1) is 5.92 Å². The van der Waals surface area contributed by atoms with Crippen LogP contribution in [-0.4, -0.2) is 22.8 Å². The first-order chi connectivity index (χ1) is 14.3. The molecule has 174 valence electrons. The van der Waals surface area contributed by atoms with Crippen LogP contribution in [0.3, 0.4) is 0 Å². The van der Waals surface area contributed by atoms with Crippen molar-refractivity contribution in [3.8, 4) is 11.5 Å². The van der Waals surface area contributed by atoms with E-state index in [-0.39, 0.29) is 23.0 Å². The van der Waals surface area contributed by atoms with Gasteiger partial charge in [0.05, 0.1) is 0 Å². The monoisotopic (exact) mass is 474 g/mol. The summed E-state index contributed by atoms with van der Waals surface area (Å²) in [5.74, 6) is -0.989. The lowest BCUT2D eigenvalue weighted by Gasteiger charge is -2.32. The Morgan fingerprint density at radius 3 is 2.45 bits per heavy atom. The average Bonchev–Trinajstić information content (AvgIpc) is 2.58. The maximum absolute atomic E-state index is 11.7. The van der Waals surface area contributed by atoms with Crippen molar-refractivity contribution < 1.29 is 36.0 Å². The van der Waals surface area contributed by atoms with Gasteiger partial charge in [-0.15, -0.1) is 0 Å². The Bertz CT molecular complexity index is 993. The summed E-state index contributed by atoms with van der Waals surface area (Å²) < 4.78 is 54.2. The van der Waals surface area contributed by atoms with E-state index in [0.717, 1.165) is 43.3 Å². The second-order valence-electron chi connectivity index (χ2n) is 8.09. The Kier molecular flexibility index (Phi) is 8.53. The third kappa shape index (κ3) is 7.77. The summed E-state index contributed by atoms with van der Waals surface area (Å²) in [6.07, 6.45) is 6.63. The van der Waals surface area contributed by atoms with Crippen molar-refractivity contribution in [3.05, 3.63) is 47.1 Å². The zero-order valence-electron chi connectivity index (χ0n) is 18.1. The molecule has 0 bridgehead atoms. The van der Waals surface area contributed by atoms with E-state index in [1.165, 1.54) is 12.1 Å². The molecule has 0 saturated carbocycles. The van der Waals surface area contributed by atoms with Gasteiger partial charge in [-0.2, -0.15) is 8.42 Å². The molecule has 0 unspecified atom stereocenters. The summed E-state index contributed by atoms with van der Waals surface area (Å²) >= 11 is 0. The van der Waals surface area contributed by atoms with E-state index in [2.05, 4.69) is 6.58 Å². The van der Waals surface area contributed by atoms with Gasteiger partial charge >= 0.3 is 18.2 Å².